The van der Waals surface area contributed by atoms with Gasteiger partial charge in [0, 0.05) is 11.3 Å². The maximum atomic E-state index is 11.4. The van der Waals surface area contributed by atoms with E-state index in [9.17, 15) is 4.79 Å². The van der Waals surface area contributed by atoms with Crippen LogP contribution in [0.3, 0.4) is 0 Å². The van der Waals surface area contributed by atoms with E-state index in [-0.39, 0.29) is 5.97 Å². The smallest absolute Gasteiger partial charge is 0.334 e. The molecule has 1 fully saturated rings. The van der Waals surface area contributed by atoms with Crippen molar-refractivity contribution in [2.45, 2.75) is 26.2 Å². The van der Waals surface area contributed by atoms with Crippen molar-refractivity contribution in [1.29, 1.82) is 0 Å². The van der Waals surface area contributed by atoms with Crippen molar-refractivity contribution in [1.82, 2.24) is 0 Å². The maximum absolute atomic E-state index is 11.4. The highest BCUT2D eigenvalue weighted by Crippen LogP contribution is 2.33. The summed E-state index contributed by atoms with van der Waals surface area (Å²) in [6, 6.07) is 0. The van der Waals surface area contributed by atoms with E-state index in [1.165, 1.54) is 13.5 Å². The van der Waals surface area contributed by atoms with Crippen LogP contribution in [-0.2, 0) is 9.53 Å². The van der Waals surface area contributed by atoms with Gasteiger partial charge >= 0.3 is 5.97 Å². The molecule has 3 heteroatoms. The Morgan fingerprint density at radius 3 is 2.43 bits per heavy atom. The second kappa shape index (κ2) is 4.84. The summed E-state index contributed by atoms with van der Waals surface area (Å²) in [6.07, 6.45) is 6.90. The molecule has 1 aliphatic rings. The molecule has 1 aliphatic carbocycles. The summed E-state index contributed by atoms with van der Waals surface area (Å²) in [5.74, 6) is 0.144. The van der Waals surface area contributed by atoms with Crippen LogP contribution in [0.25, 0.3) is 0 Å². The monoisotopic (exact) mass is 195 g/mol. The molecule has 0 amide bonds. The Balaban J connectivity index is 2.75. The Labute approximate surface area is 84.6 Å². The van der Waals surface area contributed by atoms with Crippen molar-refractivity contribution >= 4 is 5.97 Å². The fourth-order valence-corrected chi connectivity index (χ4v) is 1.43. The SMILES string of the molecule is COC(=O)/C(=C/C=C(\C)N)C1CCC1. The minimum absolute atomic E-state index is 0.229. The van der Waals surface area contributed by atoms with Crippen molar-refractivity contribution in [3.05, 3.63) is 23.4 Å². The number of ether oxygens (including phenoxy) is 1. The van der Waals surface area contributed by atoms with Crippen LogP contribution in [0.15, 0.2) is 23.4 Å². The zero-order valence-corrected chi connectivity index (χ0v) is 8.75. The van der Waals surface area contributed by atoms with E-state index in [1.807, 2.05) is 0 Å². The van der Waals surface area contributed by atoms with Gasteiger partial charge in [0.25, 0.3) is 0 Å². The number of methoxy groups -OCH3 is 1. The van der Waals surface area contributed by atoms with Gasteiger partial charge in [-0.2, -0.15) is 0 Å². The normalized spacial score (nSPS) is 19.0. The van der Waals surface area contributed by atoms with Gasteiger partial charge in [0.15, 0.2) is 0 Å². The van der Waals surface area contributed by atoms with E-state index < -0.39 is 0 Å². The van der Waals surface area contributed by atoms with Crippen LogP contribution in [0.5, 0.6) is 0 Å². The van der Waals surface area contributed by atoms with E-state index in [0.717, 1.165) is 18.4 Å². The van der Waals surface area contributed by atoms with Gasteiger partial charge < -0.3 is 10.5 Å². The topological polar surface area (TPSA) is 52.3 Å². The highest BCUT2D eigenvalue weighted by molar-refractivity contribution is 5.89. The number of carbonyl (C=O) groups excluding carboxylic acids is 1. The number of hydrogen-bond donors (Lipinski definition) is 1. The van der Waals surface area contributed by atoms with E-state index in [2.05, 4.69) is 0 Å². The quantitative estimate of drug-likeness (QED) is 0.424. The third kappa shape index (κ3) is 2.62. The highest BCUT2D eigenvalue weighted by Gasteiger charge is 2.26. The summed E-state index contributed by atoms with van der Waals surface area (Å²) in [5, 5.41) is 0. The van der Waals surface area contributed by atoms with E-state index in [1.54, 1.807) is 19.1 Å². The van der Waals surface area contributed by atoms with Crippen molar-refractivity contribution < 1.29 is 9.53 Å². The Morgan fingerprint density at radius 1 is 1.43 bits per heavy atom. The van der Waals surface area contributed by atoms with Gasteiger partial charge in [-0.25, -0.2) is 4.79 Å². The molecule has 1 rings (SSSR count). The molecule has 0 atom stereocenters. The summed E-state index contributed by atoms with van der Waals surface area (Å²) < 4.78 is 4.72. The Kier molecular flexibility index (Phi) is 3.74. The van der Waals surface area contributed by atoms with Gasteiger partial charge in [0.05, 0.1) is 7.11 Å². The molecule has 78 valence electrons. The first-order valence-corrected chi connectivity index (χ1v) is 4.87. The fraction of sp³-hybridized carbons (Fsp3) is 0.545. The van der Waals surface area contributed by atoms with Crippen LogP contribution in [0.1, 0.15) is 26.2 Å². The highest BCUT2D eigenvalue weighted by atomic mass is 16.5. The molecule has 0 bridgehead atoms. The fourth-order valence-electron chi connectivity index (χ4n) is 1.43. The minimum atomic E-state index is -0.229. The van der Waals surface area contributed by atoms with E-state index in [0.29, 0.717) is 11.6 Å². The van der Waals surface area contributed by atoms with Gasteiger partial charge in [0.2, 0.25) is 0 Å². The first kappa shape index (κ1) is 10.8. The molecule has 1 saturated carbocycles. The molecule has 0 radical (unpaired) electrons. The van der Waals surface area contributed by atoms with Gasteiger partial charge in [-0.1, -0.05) is 6.42 Å². The number of carbonyl (C=O) groups is 1. The van der Waals surface area contributed by atoms with Gasteiger partial charge in [-0.05, 0) is 37.8 Å². The lowest BCUT2D eigenvalue weighted by Gasteiger charge is -2.26. The molecule has 0 aromatic carbocycles. The second-order valence-corrected chi connectivity index (χ2v) is 3.65. The van der Waals surface area contributed by atoms with Crippen molar-refractivity contribution in [3.63, 3.8) is 0 Å². The van der Waals surface area contributed by atoms with E-state index in [4.69, 9.17) is 10.5 Å². The molecular weight excluding hydrogens is 178 g/mol. The molecule has 0 aromatic rings. The molecule has 2 N–H and O–H groups in total. The summed E-state index contributed by atoms with van der Waals surface area (Å²) >= 11 is 0. The molecule has 14 heavy (non-hydrogen) atoms. The molecule has 0 heterocycles. The number of allylic oxidation sites excluding steroid dienone is 3. The maximum Gasteiger partial charge on any atom is 0.334 e. The minimum Gasteiger partial charge on any atom is -0.466 e. The molecular formula is C11H17NO2. The number of hydrogen-bond acceptors (Lipinski definition) is 3. The van der Waals surface area contributed by atoms with Crippen LogP contribution < -0.4 is 5.73 Å². The van der Waals surface area contributed by atoms with Crippen molar-refractivity contribution in [3.8, 4) is 0 Å². The largest absolute Gasteiger partial charge is 0.466 e. The Morgan fingerprint density at radius 2 is 2.07 bits per heavy atom. The zero-order valence-electron chi connectivity index (χ0n) is 8.75. The van der Waals surface area contributed by atoms with Crippen molar-refractivity contribution in [2.75, 3.05) is 7.11 Å². The summed E-state index contributed by atoms with van der Waals surface area (Å²) in [4.78, 5) is 11.4. The molecule has 3 nitrogen and oxygen atoms in total. The predicted octanol–water partition coefficient (Wildman–Crippen LogP) is 1.75. The first-order chi connectivity index (χ1) is 6.65. The standard InChI is InChI=1S/C11H17NO2/c1-8(12)6-7-10(11(13)14-2)9-4-3-5-9/h6-7,9H,3-5,12H2,1-2H3/b8-6+,10-7+. The van der Waals surface area contributed by atoms with E-state index >= 15 is 0 Å². The molecule has 0 aromatic heterocycles. The number of nitrogens with two attached hydrogens (primary N) is 1. The van der Waals surface area contributed by atoms with Crippen LogP contribution in [0, 0.1) is 5.92 Å². The van der Waals surface area contributed by atoms with Gasteiger partial charge in [0.1, 0.15) is 0 Å². The Hall–Kier alpha value is -1.25. The van der Waals surface area contributed by atoms with Crippen LogP contribution in [-0.4, -0.2) is 13.1 Å². The van der Waals surface area contributed by atoms with Crippen molar-refractivity contribution in [2.24, 2.45) is 11.7 Å². The average Bonchev–Trinajstić information content (AvgIpc) is 2.07. The molecule has 0 spiro atoms. The third-order valence-electron chi connectivity index (χ3n) is 2.49. The lowest BCUT2D eigenvalue weighted by atomic mass is 9.79. The molecule has 0 unspecified atom stereocenters. The zero-order chi connectivity index (χ0) is 10.6. The third-order valence-corrected chi connectivity index (χ3v) is 2.49. The first-order valence-electron chi connectivity index (χ1n) is 4.87. The Bertz CT molecular complexity index is 271. The predicted molar refractivity (Wildman–Crippen MR) is 55.4 cm³/mol. The molecule has 0 aliphatic heterocycles. The van der Waals surface area contributed by atoms with Gasteiger partial charge in [-0.3, -0.25) is 0 Å². The van der Waals surface area contributed by atoms with Crippen LogP contribution >= 0.6 is 0 Å². The number of esters is 1. The lowest BCUT2D eigenvalue weighted by molar-refractivity contribution is -0.137. The average molecular weight is 195 g/mol. The summed E-state index contributed by atoms with van der Waals surface area (Å²) in [7, 11) is 1.41. The summed E-state index contributed by atoms with van der Waals surface area (Å²) in [6.45, 7) is 1.80. The molecule has 0 saturated heterocycles. The lowest BCUT2D eigenvalue weighted by Crippen LogP contribution is -2.20. The van der Waals surface area contributed by atoms with Crippen LogP contribution in [0.4, 0.5) is 0 Å². The number of rotatable bonds is 3. The van der Waals surface area contributed by atoms with Crippen LogP contribution in [0.2, 0.25) is 0 Å². The second-order valence-electron chi connectivity index (χ2n) is 3.65. The summed E-state index contributed by atoms with van der Waals surface area (Å²) in [5.41, 5.74) is 6.96. The van der Waals surface area contributed by atoms with Gasteiger partial charge in [-0.15, -0.1) is 0 Å².